The molecule has 84 valence electrons. The Bertz CT molecular complexity index is 299. The van der Waals surface area contributed by atoms with Crippen molar-refractivity contribution >= 4 is 0 Å². The number of halogens is 1. The van der Waals surface area contributed by atoms with Gasteiger partial charge in [-0.1, -0.05) is 18.2 Å². The number of benzene rings is 1. The van der Waals surface area contributed by atoms with E-state index in [9.17, 15) is 4.39 Å². The van der Waals surface area contributed by atoms with Gasteiger partial charge in [0.2, 0.25) is 0 Å². The number of rotatable bonds is 5. The van der Waals surface area contributed by atoms with Gasteiger partial charge in [-0.3, -0.25) is 0 Å². The Kier molecular flexibility index (Phi) is 4.72. The summed E-state index contributed by atoms with van der Waals surface area (Å²) in [5.74, 6) is -0.119. The van der Waals surface area contributed by atoms with Crippen LogP contribution in [-0.2, 0) is 6.42 Å². The minimum atomic E-state index is -0.119. The average Bonchev–Trinajstić information content (AvgIpc) is 2.15. The SMILES string of the molecule is CC(N)CN(C)CCc1ccccc1F. The Morgan fingerprint density at radius 1 is 1.40 bits per heavy atom. The van der Waals surface area contributed by atoms with E-state index in [4.69, 9.17) is 5.73 Å². The molecular formula is C12H19FN2. The van der Waals surface area contributed by atoms with E-state index >= 15 is 0 Å². The van der Waals surface area contributed by atoms with Crippen LogP contribution in [0.1, 0.15) is 12.5 Å². The minimum absolute atomic E-state index is 0.119. The van der Waals surface area contributed by atoms with Gasteiger partial charge in [-0.2, -0.15) is 0 Å². The third kappa shape index (κ3) is 4.40. The van der Waals surface area contributed by atoms with Gasteiger partial charge in [-0.25, -0.2) is 4.39 Å². The first-order valence-electron chi connectivity index (χ1n) is 5.27. The van der Waals surface area contributed by atoms with Crippen molar-refractivity contribution in [2.45, 2.75) is 19.4 Å². The van der Waals surface area contributed by atoms with Crippen molar-refractivity contribution in [3.8, 4) is 0 Å². The van der Waals surface area contributed by atoms with E-state index < -0.39 is 0 Å². The first-order chi connectivity index (χ1) is 7.09. The fourth-order valence-corrected chi connectivity index (χ4v) is 1.60. The summed E-state index contributed by atoms with van der Waals surface area (Å²) >= 11 is 0. The summed E-state index contributed by atoms with van der Waals surface area (Å²) in [6.07, 6.45) is 0.732. The van der Waals surface area contributed by atoms with Crippen molar-refractivity contribution in [3.63, 3.8) is 0 Å². The lowest BCUT2D eigenvalue weighted by Gasteiger charge is -2.18. The van der Waals surface area contributed by atoms with Gasteiger partial charge in [0, 0.05) is 19.1 Å². The van der Waals surface area contributed by atoms with Crippen LogP contribution in [0.5, 0.6) is 0 Å². The van der Waals surface area contributed by atoms with Gasteiger partial charge in [-0.05, 0) is 32.0 Å². The molecule has 1 unspecified atom stereocenters. The highest BCUT2D eigenvalue weighted by atomic mass is 19.1. The number of nitrogens with two attached hydrogens (primary N) is 1. The van der Waals surface area contributed by atoms with Crippen molar-refractivity contribution in [1.29, 1.82) is 0 Å². The molecule has 15 heavy (non-hydrogen) atoms. The summed E-state index contributed by atoms with van der Waals surface area (Å²) in [5, 5.41) is 0. The lowest BCUT2D eigenvalue weighted by Crippen LogP contribution is -2.34. The molecule has 3 heteroatoms. The Balaban J connectivity index is 2.40. The van der Waals surface area contributed by atoms with Gasteiger partial charge in [0.1, 0.15) is 5.82 Å². The van der Waals surface area contributed by atoms with E-state index in [-0.39, 0.29) is 11.9 Å². The Morgan fingerprint density at radius 2 is 2.07 bits per heavy atom. The molecule has 1 aromatic carbocycles. The largest absolute Gasteiger partial charge is 0.327 e. The van der Waals surface area contributed by atoms with E-state index in [1.807, 2.05) is 26.1 Å². The predicted molar refractivity (Wildman–Crippen MR) is 61.3 cm³/mol. The zero-order chi connectivity index (χ0) is 11.3. The summed E-state index contributed by atoms with van der Waals surface area (Å²) in [4.78, 5) is 2.12. The summed E-state index contributed by atoms with van der Waals surface area (Å²) in [6.45, 7) is 3.65. The van der Waals surface area contributed by atoms with Crippen molar-refractivity contribution in [1.82, 2.24) is 4.90 Å². The zero-order valence-electron chi connectivity index (χ0n) is 9.41. The molecule has 0 aliphatic heterocycles. The molecule has 0 saturated heterocycles. The fourth-order valence-electron chi connectivity index (χ4n) is 1.60. The lowest BCUT2D eigenvalue weighted by atomic mass is 10.1. The molecule has 0 heterocycles. The molecule has 1 atom stereocenters. The molecule has 0 aromatic heterocycles. The van der Waals surface area contributed by atoms with Crippen molar-refractivity contribution in [2.24, 2.45) is 5.73 Å². The van der Waals surface area contributed by atoms with E-state index in [1.54, 1.807) is 6.07 Å². The van der Waals surface area contributed by atoms with Crippen molar-refractivity contribution < 1.29 is 4.39 Å². The maximum atomic E-state index is 13.3. The molecule has 2 nitrogen and oxygen atoms in total. The van der Waals surface area contributed by atoms with Crippen LogP contribution in [0.15, 0.2) is 24.3 Å². The summed E-state index contributed by atoms with van der Waals surface area (Å²) in [5.41, 5.74) is 6.45. The molecule has 0 amide bonds. The molecule has 1 rings (SSSR count). The number of hydrogen-bond donors (Lipinski definition) is 1. The smallest absolute Gasteiger partial charge is 0.126 e. The molecule has 0 bridgehead atoms. The van der Waals surface area contributed by atoms with Gasteiger partial charge in [-0.15, -0.1) is 0 Å². The summed E-state index contributed by atoms with van der Waals surface area (Å²) < 4.78 is 13.3. The molecule has 0 radical (unpaired) electrons. The van der Waals surface area contributed by atoms with Gasteiger partial charge in [0.25, 0.3) is 0 Å². The van der Waals surface area contributed by atoms with Gasteiger partial charge in [0.15, 0.2) is 0 Å². The Morgan fingerprint density at radius 3 is 2.67 bits per heavy atom. The lowest BCUT2D eigenvalue weighted by molar-refractivity contribution is 0.319. The molecule has 0 saturated carbocycles. The molecular weight excluding hydrogens is 191 g/mol. The minimum Gasteiger partial charge on any atom is -0.327 e. The van der Waals surface area contributed by atoms with Crippen LogP contribution in [0.2, 0.25) is 0 Å². The fraction of sp³-hybridized carbons (Fsp3) is 0.500. The third-order valence-corrected chi connectivity index (χ3v) is 2.32. The van der Waals surface area contributed by atoms with Crippen LogP contribution in [0, 0.1) is 5.82 Å². The third-order valence-electron chi connectivity index (χ3n) is 2.32. The summed E-state index contributed by atoms with van der Waals surface area (Å²) in [6, 6.07) is 7.07. The van der Waals surface area contributed by atoms with E-state index in [1.165, 1.54) is 6.07 Å². The highest BCUT2D eigenvalue weighted by Gasteiger charge is 2.04. The molecule has 0 aliphatic carbocycles. The molecule has 0 spiro atoms. The van der Waals surface area contributed by atoms with Crippen LogP contribution in [0.25, 0.3) is 0 Å². The van der Waals surface area contributed by atoms with E-state index in [2.05, 4.69) is 4.90 Å². The van der Waals surface area contributed by atoms with Crippen LogP contribution in [0.3, 0.4) is 0 Å². The Labute approximate surface area is 90.9 Å². The second-order valence-electron chi connectivity index (χ2n) is 4.08. The normalized spacial score (nSPS) is 13.1. The second-order valence-corrected chi connectivity index (χ2v) is 4.08. The number of likely N-dealkylation sites (N-methyl/N-ethyl adjacent to an activating group) is 1. The van der Waals surface area contributed by atoms with Crippen LogP contribution < -0.4 is 5.73 Å². The average molecular weight is 210 g/mol. The van der Waals surface area contributed by atoms with E-state index in [0.717, 1.165) is 25.1 Å². The highest BCUT2D eigenvalue weighted by molar-refractivity contribution is 5.17. The Hall–Kier alpha value is -0.930. The van der Waals surface area contributed by atoms with E-state index in [0.29, 0.717) is 0 Å². The molecule has 0 fully saturated rings. The predicted octanol–water partition coefficient (Wildman–Crippen LogP) is 1.65. The van der Waals surface area contributed by atoms with Gasteiger partial charge >= 0.3 is 0 Å². The zero-order valence-corrected chi connectivity index (χ0v) is 9.41. The topological polar surface area (TPSA) is 29.3 Å². The first-order valence-corrected chi connectivity index (χ1v) is 5.27. The quantitative estimate of drug-likeness (QED) is 0.800. The highest BCUT2D eigenvalue weighted by Crippen LogP contribution is 2.07. The molecule has 0 aliphatic rings. The second kappa shape index (κ2) is 5.83. The van der Waals surface area contributed by atoms with Crippen molar-refractivity contribution in [3.05, 3.63) is 35.6 Å². The monoisotopic (exact) mass is 210 g/mol. The van der Waals surface area contributed by atoms with Crippen LogP contribution in [0.4, 0.5) is 4.39 Å². The number of nitrogens with zero attached hydrogens (tertiary/aromatic N) is 1. The maximum Gasteiger partial charge on any atom is 0.126 e. The maximum absolute atomic E-state index is 13.3. The van der Waals surface area contributed by atoms with Crippen LogP contribution >= 0.6 is 0 Å². The molecule has 2 N–H and O–H groups in total. The van der Waals surface area contributed by atoms with Gasteiger partial charge < -0.3 is 10.6 Å². The van der Waals surface area contributed by atoms with Crippen LogP contribution in [-0.4, -0.2) is 31.1 Å². The molecule has 1 aromatic rings. The summed E-state index contributed by atoms with van der Waals surface area (Å²) in [7, 11) is 2.00. The first kappa shape index (κ1) is 12.1. The van der Waals surface area contributed by atoms with Crippen molar-refractivity contribution in [2.75, 3.05) is 20.1 Å². The van der Waals surface area contributed by atoms with Gasteiger partial charge in [0.05, 0.1) is 0 Å². The standard InChI is InChI=1S/C12H19FN2/c1-10(14)9-15(2)8-7-11-5-3-4-6-12(11)13/h3-6,10H,7-9,14H2,1-2H3. The number of hydrogen-bond acceptors (Lipinski definition) is 2.